The fourth-order valence-electron chi connectivity index (χ4n) is 2.60. The molecule has 1 atom stereocenters. The Morgan fingerprint density at radius 1 is 1.32 bits per heavy atom. The summed E-state index contributed by atoms with van der Waals surface area (Å²) in [5.41, 5.74) is -0.389. The first kappa shape index (κ1) is 16.4. The first-order chi connectivity index (χ1) is 8.81. The molecule has 4 heteroatoms. The van der Waals surface area contributed by atoms with Gasteiger partial charge in [0.2, 0.25) is 0 Å². The summed E-state index contributed by atoms with van der Waals surface area (Å²) in [4.78, 5) is 16.5. The van der Waals surface area contributed by atoms with Crippen molar-refractivity contribution in [2.45, 2.75) is 58.6 Å². The normalized spacial score (nSPS) is 22.3. The summed E-state index contributed by atoms with van der Waals surface area (Å²) in [6.45, 7) is 11.8. The van der Waals surface area contributed by atoms with Crippen molar-refractivity contribution in [1.82, 2.24) is 9.80 Å². The van der Waals surface area contributed by atoms with E-state index in [0.717, 1.165) is 19.5 Å². The Hall–Kier alpha value is -0.610. The van der Waals surface area contributed by atoms with Crippen LogP contribution in [-0.2, 0) is 9.53 Å². The summed E-state index contributed by atoms with van der Waals surface area (Å²) in [5.74, 6) is -0.119. The summed E-state index contributed by atoms with van der Waals surface area (Å²) in [5, 5.41) is 0. The Morgan fingerprint density at radius 3 is 2.58 bits per heavy atom. The summed E-state index contributed by atoms with van der Waals surface area (Å²) in [6, 6.07) is 0.504. The number of hydrogen-bond donors (Lipinski definition) is 0. The van der Waals surface area contributed by atoms with Gasteiger partial charge in [-0.3, -0.25) is 9.69 Å². The number of nitrogens with zero attached hydrogens (tertiary/aromatic N) is 2. The summed E-state index contributed by atoms with van der Waals surface area (Å²) in [6.07, 6.45) is 3.54. The quantitative estimate of drug-likeness (QED) is 0.733. The maximum atomic E-state index is 11.8. The predicted molar refractivity (Wildman–Crippen MR) is 78.2 cm³/mol. The van der Waals surface area contributed by atoms with Crippen molar-refractivity contribution in [2.75, 3.05) is 33.2 Å². The summed E-state index contributed by atoms with van der Waals surface area (Å²) < 4.78 is 5.38. The summed E-state index contributed by atoms with van der Waals surface area (Å²) >= 11 is 0. The van der Waals surface area contributed by atoms with Crippen LogP contribution in [0.4, 0.5) is 0 Å². The van der Waals surface area contributed by atoms with Gasteiger partial charge < -0.3 is 9.64 Å². The molecule has 0 saturated carbocycles. The molecule has 19 heavy (non-hydrogen) atoms. The number of esters is 1. The third-order valence-corrected chi connectivity index (χ3v) is 3.66. The average Bonchev–Trinajstić information content (AvgIpc) is 2.50. The molecule has 1 aliphatic heterocycles. The van der Waals surface area contributed by atoms with Crippen LogP contribution in [-0.4, -0.2) is 60.6 Å². The second-order valence-electron chi connectivity index (χ2n) is 6.52. The van der Waals surface area contributed by atoms with Gasteiger partial charge in [-0.25, -0.2) is 0 Å². The van der Waals surface area contributed by atoms with Gasteiger partial charge in [-0.15, -0.1) is 0 Å². The van der Waals surface area contributed by atoms with Crippen molar-refractivity contribution >= 4 is 5.97 Å². The molecular formula is C15H30N2O2. The Kier molecular flexibility index (Phi) is 6.27. The van der Waals surface area contributed by atoms with Crippen LogP contribution >= 0.6 is 0 Å². The van der Waals surface area contributed by atoms with E-state index in [1.807, 2.05) is 27.8 Å². The minimum Gasteiger partial charge on any atom is -0.459 e. The van der Waals surface area contributed by atoms with Crippen LogP contribution in [0, 0.1) is 0 Å². The van der Waals surface area contributed by atoms with Gasteiger partial charge in [0.05, 0.1) is 6.54 Å². The highest BCUT2D eigenvalue weighted by atomic mass is 16.6. The number of rotatable bonds is 4. The highest BCUT2D eigenvalue weighted by Crippen LogP contribution is 2.16. The molecule has 1 heterocycles. The maximum Gasteiger partial charge on any atom is 0.320 e. The predicted octanol–water partition coefficient (Wildman–Crippen LogP) is 2.13. The molecular weight excluding hydrogens is 240 g/mol. The fourth-order valence-corrected chi connectivity index (χ4v) is 2.60. The minimum absolute atomic E-state index is 0.119. The SMILES string of the molecule is CCN1CCCC(N(C)CC(=O)OC(C)(C)C)CC1. The highest BCUT2D eigenvalue weighted by Gasteiger charge is 2.23. The van der Waals surface area contributed by atoms with Crippen LogP contribution < -0.4 is 0 Å². The first-order valence-electron chi connectivity index (χ1n) is 7.46. The second kappa shape index (κ2) is 7.25. The third kappa shape index (κ3) is 6.39. The molecule has 0 aromatic rings. The van der Waals surface area contributed by atoms with E-state index >= 15 is 0 Å². The van der Waals surface area contributed by atoms with E-state index in [0.29, 0.717) is 12.6 Å². The van der Waals surface area contributed by atoms with Gasteiger partial charge in [-0.1, -0.05) is 6.92 Å². The van der Waals surface area contributed by atoms with Gasteiger partial charge in [0.15, 0.2) is 0 Å². The lowest BCUT2D eigenvalue weighted by Gasteiger charge is -2.28. The van der Waals surface area contributed by atoms with Crippen molar-refractivity contribution in [3.63, 3.8) is 0 Å². The van der Waals surface area contributed by atoms with Crippen LogP contribution in [0.2, 0.25) is 0 Å². The lowest BCUT2D eigenvalue weighted by Crippen LogP contribution is -2.39. The van der Waals surface area contributed by atoms with E-state index in [-0.39, 0.29) is 11.6 Å². The number of likely N-dealkylation sites (tertiary alicyclic amines) is 1. The molecule has 4 nitrogen and oxygen atoms in total. The summed E-state index contributed by atoms with van der Waals surface area (Å²) in [7, 11) is 2.04. The van der Waals surface area contributed by atoms with Gasteiger partial charge >= 0.3 is 5.97 Å². The van der Waals surface area contributed by atoms with Gasteiger partial charge in [0.25, 0.3) is 0 Å². The van der Waals surface area contributed by atoms with Crippen molar-refractivity contribution < 1.29 is 9.53 Å². The largest absolute Gasteiger partial charge is 0.459 e. The molecule has 1 rings (SSSR count). The number of likely N-dealkylation sites (N-methyl/N-ethyl adjacent to an activating group) is 1. The number of hydrogen-bond acceptors (Lipinski definition) is 4. The molecule has 0 aliphatic carbocycles. The smallest absolute Gasteiger partial charge is 0.320 e. The standard InChI is InChI=1S/C15H30N2O2/c1-6-17-10-7-8-13(9-11-17)16(5)12-14(18)19-15(2,3)4/h13H,6-12H2,1-5H3. The molecule has 1 fully saturated rings. The molecule has 1 saturated heterocycles. The lowest BCUT2D eigenvalue weighted by atomic mass is 10.1. The van der Waals surface area contributed by atoms with E-state index in [1.54, 1.807) is 0 Å². The molecule has 112 valence electrons. The van der Waals surface area contributed by atoms with E-state index in [4.69, 9.17) is 4.74 Å². The van der Waals surface area contributed by atoms with Gasteiger partial charge in [-0.05, 0) is 66.7 Å². The highest BCUT2D eigenvalue weighted by molar-refractivity contribution is 5.72. The second-order valence-corrected chi connectivity index (χ2v) is 6.52. The molecule has 0 spiro atoms. The molecule has 0 radical (unpaired) electrons. The molecule has 0 N–H and O–H groups in total. The average molecular weight is 270 g/mol. The lowest BCUT2D eigenvalue weighted by molar-refractivity contribution is -0.156. The van der Waals surface area contributed by atoms with Crippen molar-refractivity contribution in [3.05, 3.63) is 0 Å². The molecule has 0 aromatic carbocycles. The van der Waals surface area contributed by atoms with Gasteiger partial charge in [-0.2, -0.15) is 0 Å². The zero-order valence-electron chi connectivity index (χ0n) is 13.2. The van der Waals surface area contributed by atoms with Crippen molar-refractivity contribution in [2.24, 2.45) is 0 Å². The Balaban J connectivity index is 2.40. The van der Waals surface area contributed by atoms with Gasteiger partial charge in [0, 0.05) is 6.04 Å². The van der Waals surface area contributed by atoms with Crippen LogP contribution in [0.3, 0.4) is 0 Å². The van der Waals surface area contributed by atoms with E-state index in [9.17, 15) is 4.79 Å². The number of ether oxygens (including phenoxy) is 1. The van der Waals surface area contributed by atoms with Crippen molar-refractivity contribution in [3.8, 4) is 0 Å². The minimum atomic E-state index is -0.389. The van der Waals surface area contributed by atoms with E-state index in [1.165, 1.54) is 19.4 Å². The molecule has 1 unspecified atom stereocenters. The maximum absolute atomic E-state index is 11.8. The molecule has 0 bridgehead atoms. The van der Waals surface area contributed by atoms with Crippen molar-refractivity contribution in [1.29, 1.82) is 0 Å². The number of carbonyl (C=O) groups excluding carboxylic acids is 1. The fraction of sp³-hybridized carbons (Fsp3) is 0.933. The van der Waals surface area contributed by atoms with Crippen LogP contribution in [0.5, 0.6) is 0 Å². The monoisotopic (exact) mass is 270 g/mol. The third-order valence-electron chi connectivity index (χ3n) is 3.66. The van der Waals surface area contributed by atoms with Gasteiger partial charge in [0.1, 0.15) is 5.60 Å². The van der Waals surface area contributed by atoms with Crippen LogP contribution in [0.25, 0.3) is 0 Å². The topological polar surface area (TPSA) is 32.8 Å². The molecule has 0 aromatic heterocycles. The van der Waals surface area contributed by atoms with Crippen LogP contribution in [0.1, 0.15) is 47.0 Å². The first-order valence-corrected chi connectivity index (χ1v) is 7.46. The van der Waals surface area contributed by atoms with E-state index < -0.39 is 0 Å². The zero-order valence-corrected chi connectivity index (χ0v) is 13.2. The molecule has 1 aliphatic rings. The number of carbonyl (C=O) groups is 1. The van der Waals surface area contributed by atoms with Crippen LogP contribution in [0.15, 0.2) is 0 Å². The zero-order chi connectivity index (χ0) is 14.5. The van der Waals surface area contributed by atoms with E-state index in [2.05, 4.69) is 16.7 Å². The molecule has 0 amide bonds. The Bertz CT molecular complexity index is 286. The Morgan fingerprint density at radius 2 is 2.00 bits per heavy atom. The Labute approximate surface area is 118 Å².